The van der Waals surface area contributed by atoms with Crippen LogP contribution in [-0.4, -0.2) is 59.3 Å². The van der Waals surface area contributed by atoms with Crippen LogP contribution in [0.1, 0.15) is 44.0 Å². The van der Waals surface area contributed by atoms with Gasteiger partial charge in [0.2, 0.25) is 5.91 Å². The molecular formula is C19H27N3O5. The van der Waals surface area contributed by atoms with Crippen molar-refractivity contribution in [3.63, 3.8) is 0 Å². The summed E-state index contributed by atoms with van der Waals surface area (Å²) in [5.74, 6) is -1.24. The average molecular weight is 377 g/mol. The summed E-state index contributed by atoms with van der Waals surface area (Å²) in [7, 11) is 0. The lowest BCUT2D eigenvalue weighted by Crippen LogP contribution is -2.50. The van der Waals surface area contributed by atoms with Crippen LogP contribution >= 0.6 is 0 Å². The Hall–Kier alpha value is -2.61. The quantitative estimate of drug-likeness (QED) is 0.727. The van der Waals surface area contributed by atoms with Crippen LogP contribution in [0.2, 0.25) is 0 Å². The number of carboxylic acid groups (broad SMARTS) is 1. The number of carboxylic acids is 1. The molecule has 2 rings (SSSR count). The summed E-state index contributed by atoms with van der Waals surface area (Å²) in [5, 5.41) is 14.8. The van der Waals surface area contributed by atoms with Crippen LogP contribution in [-0.2, 0) is 9.53 Å². The number of ether oxygens (including phenoxy) is 1. The molecule has 1 heterocycles. The van der Waals surface area contributed by atoms with E-state index in [-0.39, 0.29) is 30.2 Å². The van der Waals surface area contributed by atoms with Crippen molar-refractivity contribution in [2.75, 3.05) is 25.0 Å². The first-order valence-corrected chi connectivity index (χ1v) is 8.98. The highest BCUT2D eigenvalue weighted by molar-refractivity contribution is 5.93. The lowest BCUT2D eigenvalue weighted by atomic mass is 10.1. The van der Waals surface area contributed by atoms with E-state index in [1.165, 1.54) is 12.1 Å². The van der Waals surface area contributed by atoms with Crippen molar-refractivity contribution in [1.29, 1.82) is 0 Å². The van der Waals surface area contributed by atoms with E-state index in [2.05, 4.69) is 10.6 Å². The number of anilines is 1. The molecule has 1 aromatic carbocycles. The van der Waals surface area contributed by atoms with Gasteiger partial charge in [0.1, 0.15) is 5.60 Å². The van der Waals surface area contributed by atoms with Crippen molar-refractivity contribution in [2.24, 2.45) is 0 Å². The van der Waals surface area contributed by atoms with Gasteiger partial charge >= 0.3 is 12.1 Å². The summed E-state index contributed by atoms with van der Waals surface area (Å²) in [4.78, 5) is 36.7. The molecule has 1 aliphatic rings. The lowest BCUT2D eigenvalue weighted by molar-refractivity contribution is -0.115. The second-order valence-electron chi connectivity index (χ2n) is 7.58. The van der Waals surface area contributed by atoms with Crippen molar-refractivity contribution in [3.05, 3.63) is 29.8 Å². The lowest BCUT2D eigenvalue weighted by Gasteiger charge is -2.34. The molecule has 148 valence electrons. The largest absolute Gasteiger partial charge is 0.478 e. The smallest absolute Gasteiger partial charge is 0.410 e. The van der Waals surface area contributed by atoms with Crippen molar-refractivity contribution in [2.45, 2.75) is 45.3 Å². The Labute approximate surface area is 158 Å². The Kier molecular flexibility index (Phi) is 6.79. The molecule has 0 aliphatic carbocycles. The Morgan fingerprint density at radius 1 is 1.22 bits per heavy atom. The third kappa shape index (κ3) is 6.90. The van der Waals surface area contributed by atoms with Gasteiger partial charge in [-0.05, 0) is 57.9 Å². The molecule has 1 atom stereocenters. The molecule has 1 aromatic rings. The SMILES string of the molecule is CC(C)(C)OC(=O)N1CCC[C@@H](NCC(=O)Nc2ccc(C(=O)O)cc2)C1. The topological polar surface area (TPSA) is 108 Å². The third-order valence-electron chi connectivity index (χ3n) is 4.04. The van der Waals surface area contributed by atoms with Gasteiger partial charge in [0.15, 0.2) is 0 Å². The third-order valence-corrected chi connectivity index (χ3v) is 4.04. The predicted molar refractivity (Wildman–Crippen MR) is 101 cm³/mol. The van der Waals surface area contributed by atoms with Crippen LogP contribution in [0.4, 0.5) is 10.5 Å². The van der Waals surface area contributed by atoms with Crippen molar-refractivity contribution < 1.29 is 24.2 Å². The molecule has 8 nitrogen and oxygen atoms in total. The van der Waals surface area contributed by atoms with Crippen LogP contribution < -0.4 is 10.6 Å². The first-order chi connectivity index (χ1) is 12.6. The van der Waals surface area contributed by atoms with E-state index in [1.54, 1.807) is 17.0 Å². The maximum Gasteiger partial charge on any atom is 0.410 e. The van der Waals surface area contributed by atoms with Crippen LogP contribution in [0.5, 0.6) is 0 Å². The fourth-order valence-electron chi connectivity index (χ4n) is 2.77. The maximum absolute atomic E-state index is 12.2. The molecule has 0 spiro atoms. The van der Waals surface area contributed by atoms with Crippen molar-refractivity contribution in [1.82, 2.24) is 10.2 Å². The Morgan fingerprint density at radius 3 is 2.48 bits per heavy atom. The number of carbonyl (C=O) groups excluding carboxylic acids is 2. The molecule has 3 N–H and O–H groups in total. The van der Waals surface area contributed by atoms with Gasteiger partial charge in [0, 0.05) is 24.8 Å². The maximum atomic E-state index is 12.2. The van der Waals surface area contributed by atoms with Gasteiger partial charge in [-0.1, -0.05) is 0 Å². The minimum atomic E-state index is -1.01. The van der Waals surface area contributed by atoms with E-state index in [9.17, 15) is 14.4 Å². The highest BCUT2D eigenvalue weighted by Gasteiger charge is 2.27. The molecule has 1 aliphatic heterocycles. The number of amides is 2. The van der Waals surface area contributed by atoms with E-state index in [0.29, 0.717) is 18.8 Å². The van der Waals surface area contributed by atoms with Gasteiger partial charge in [-0.15, -0.1) is 0 Å². The minimum absolute atomic E-state index is 0.0198. The fraction of sp³-hybridized carbons (Fsp3) is 0.526. The molecule has 1 fully saturated rings. The molecule has 0 saturated carbocycles. The molecule has 0 bridgehead atoms. The number of aromatic carboxylic acids is 1. The number of benzene rings is 1. The van der Waals surface area contributed by atoms with E-state index >= 15 is 0 Å². The van der Waals surface area contributed by atoms with Crippen molar-refractivity contribution >= 4 is 23.7 Å². The van der Waals surface area contributed by atoms with Crippen LogP contribution in [0.3, 0.4) is 0 Å². The fourth-order valence-corrected chi connectivity index (χ4v) is 2.77. The average Bonchev–Trinajstić information content (AvgIpc) is 2.59. The highest BCUT2D eigenvalue weighted by atomic mass is 16.6. The standard InChI is InChI=1S/C19H27N3O5/c1-19(2,3)27-18(26)22-10-4-5-15(12-22)20-11-16(23)21-14-8-6-13(7-9-14)17(24)25/h6-9,15,20H,4-5,10-12H2,1-3H3,(H,21,23)(H,24,25)/t15-/m1/s1. The number of piperidine rings is 1. The van der Waals surface area contributed by atoms with Gasteiger partial charge in [-0.25, -0.2) is 9.59 Å². The normalized spacial score (nSPS) is 17.3. The Morgan fingerprint density at radius 2 is 1.89 bits per heavy atom. The Bertz CT molecular complexity index is 682. The monoisotopic (exact) mass is 377 g/mol. The molecule has 1 saturated heterocycles. The van der Waals surface area contributed by atoms with Crippen molar-refractivity contribution in [3.8, 4) is 0 Å². The zero-order valence-corrected chi connectivity index (χ0v) is 15.9. The minimum Gasteiger partial charge on any atom is -0.478 e. The van der Waals surface area contributed by atoms with Crippen LogP contribution in [0.25, 0.3) is 0 Å². The van der Waals surface area contributed by atoms with E-state index in [1.807, 2.05) is 20.8 Å². The number of hydrogen-bond acceptors (Lipinski definition) is 5. The van der Waals surface area contributed by atoms with Gasteiger partial charge in [-0.3, -0.25) is 4.79 Å². The summed E-state index contributed by atoms with van der Waals surface area (Å²) >= 11 is 0. The second kappa shape index (κ2) is 8.85. The van der Waals surface area contributed by atoms with E-state index < -0.39 is 11.6 Å². The number of nitrogens with zero attached hydrogens (tertiary/aromatic N) is 1. The van der Waals surface area contributed by atoms with Gasteiger partial charge in [0.05, 0.1) is 12.1 Å². The number of hydrogen-bond donors (Lipinski definition) is 3. The first-order valence-electron chi connectivity index (χ1n) is 8.98. The number of carbonyl (C=O) groups is 3. The number of rotatable bonds is 5. The molecule has 8 heteroatoms. The molecule has 0 unspecified atom stereocenters. The summed E-state index contributed by atoms with van der Waals surface area (Å²) in [6.07, 6.45) is 1.38. The summed E-state index contributed by atoms with van der Waals surface area (Å²) < 4.78 is 5.39. The predicted octanol–water partition coefficient (Wildman–Crippen LogP) is 2.31. The summed E-state index contributed by atoms with van der Waals surface area (Å²) in [6, 6.07) is 5.99. The number of likely N-dealkylation sites (tertiary alicyclic amines) is 1. The zero-order valence-electron chi connectivity index (χ0n) is 15.9. The van der Waals surface area contributed by atoms with Crippen LogP contribution in [0.15, 0.2) is 24.3 Å². The van der Waals surface area contributed by atoms with Gasteiger partial charge in [-0.2, -0.15) is 0 Å². The second-order valence-corrected chi connectivity index (χ2v) is 7.58. The van der Waals surface area contributed by atoms with Crippen LogP contribution in [0, 0.1) is 0 Å². The van der Waals surface area contributed by atoms with Gasteiger partial charge < -0.3 is 25.4 Å². The molecule has 0 aromatic heterocycles. The van der Waals surface area contributed by atoms with E-state index in [4.69, 9.17) is 9.84 Å². The summed E-state index contributed by atoms with van der Waals surface area (Å²) in [5.41, 5.74) is 0.162. The molecule has 27 heavy (non-hydrogen) atoms. The number of nitrogens with one attached hydrogen (secondary N) is 2. The zero-order chi connectivity index (χ0) is 20.0. The van der Waals surface area contributed by atoms with Gasteiger partial charge in [0.25, 0.3) is 0 Å². The first kappa shape index (κ1) is 20.7. The summed E-state index contributed by atoms with van der Waals surface area (Å²) in [6.45, 7) is 6.74. The molecule has 2 amide bonds. The molecular weight excluding hydrogens is 350 g/mol. The highest BCUT2D eigenvalue weighted by Crippen LogP contribution is 2.15. The Balaban J connectivity index is 1.78. The molecule has 0 radical (unpaired) electrons. The van der Waals surface area contributed by atoms with E-state index in [0.717, 1.165) is 12.8 Å².